The number of nitrogens with zero attached hydrogens (tertiary/aromatic N) is 3. The summed E-state index contributed by atoms with van der Waals surface area (Å²) in [7, 11) is 1.80. The summed E-state index contributed by atoms with van der Waals surface area (Å²) < 4.78 is 1.65. The zero-order valence-electron chi connectivity index (χ0n) is 12.8. The van der Waals surface area contributed by atoms with Gasteiger partial charge in [0.1, 0.15) is 5.69 Å². The number of aromatic nitrogens is 2. The van der Waals surface area contributed by atoms with Gasteiger partial charge in [0.2, 0.25) is 0 Å². The maximum absolute atomic E-state index is 12.7. The number of carbonyl (C=O) groups is 1. The van der Waals surface area contributed by atoms with Gasteiger partial charge in [-0.25, -0.2) is 0 Å². The van der Waals surface area contributed by atoms with Crippen LogP contribution in [-0.4, -0.2) is 27.1 Å². The molecule has 2 aromatic rings. The lowest BCUT2D eigenvalue weighted by Crippen LogP contribution is -2.32. The molecule has 1 amide bonds. The summed E-state index contributed by atoms with van der Waals surface area (Å²) >= 11 is 0. The summed E-state index contributed by atoms with van der Waals surface area (Å²) in [5, 5.41) is 4.34. The zero-order chi connectivity index (χ0) is 15.4. The third-order valence-corrected chi connectivity index (χ3v) is 3.60. The van der Waals surface area contributed by atoms with Crippen LogP contribution in [0.1, 0.15) is 35.6 Å². The molecule has 0 aliphatic carbocycles. The van der Waals surface area contributed by atoms with Crippen LogP contribution in [0.2, 0.25) is 0 Å². The van der Waals surface area contributed by atoms with Crippen molar-refractivity contribution in [1.29, 1.82) is 0 Å². The van der Waals surface area contributed by atoms with Crippen molar-refractivity contribution in [2.75, 3.05) is 12.3 Å². The Bertz CT molecular complexity index is 633. The fourth-order valence-corrected chi connectivity index (χ4v) is 2.27. The molecule has 0 bridgehead atoms. The van der Waals surface area contributed by atoms with Crippen molar-refractivity contribution >= 4 is 11.6 Å². The van der Waals surface area contributed by atoms with Crippen molar-refractivity contribution in [3.63, 3.8) is 0 Å². The first kappa shape index (κ1) is 15.1. The lowest BCUT2D eigenvalue weighted by Gasteiger charge is -2.21. The lowest BCUT2D eigenvalue weighted by atomic mass is 10.1. The molecule has 2 N–H and O–H groups in total. The van der Waals surface area contributed by atoms with E-state index in [1.165, 1.54) is 0 Å². The van der Waals surface area contributed by atoms with Crippen molar-refractivity contribution in [1.82, 2.24) is 14.7 Å². The molecule has 0 aliphatic heterocycles. The number of nitrogens with two attached hydrogens (primary N) is 1. The molecule has 0 spiro atoms. The van der Waals surface area contributed by atoms with E-state index in [0.717, 1.165) is 17.7 Å². The minimum Gasteiger partial charge on any atom is -0.398 e. The molecule has 5 heteroatoms. The van der Waals surface area contributed by atoms with E-state index in [0.29, 0.717) is 24.5 Å². The summed E-state index contributed by atoms with van der Waals surface area (Å²) in [5.74, 6) is -0.0181. The third-order valence-electron chi connectivity index (χ3n) is 3.60. The summed E-state index contributed by atoms with van der Waals surface area (Å²) in [6.45, 7) is 5.13. The normalized spacial score (nSPS) is 10.6. The van der Waals surface area contributed by atoms with E-state index in [1.807, 2.05) is 44.2 Å². The Labute approximate surface area is 125 Å². The molecule has 0 saturated carbocycles. The quantitative estimate of drug-likeness (QED) is 0.857. The highest BCUT2D eigenvalue weighted by Gasteiger charge is 2.19. The molecule has 0 atom stereocenters. The first-order valence-corrected chi connectivity index (χ1v) is 7.22. The Morgan fingerprint density at radius 1 is 1.33 bits per heavy atom. The Kier molecular flexibility index (Phi) is 4.62. The molecule has 112 valence electrons. The fraction of sp³-hybridized carbons (Fsp3) is 0.375. The topological polar surface area (TPSA) is 64.2 Å². The second-order valence-electron chi connectivity index (χ2n) is 5.02. The van der Waals surface area contributed by atoms with E-state index in [-0.39, 0.29) is 5.91 Å². The van der Waals surface area contributed by atoms with Gasteiger partial charge < -0.3 is 10.6 Å². The number of para-hydroxylation sites is 1. The summed E-state index contributed by atoms with van der Waals surface area (Å²) in [4.78, 5) is 14.4. The highest BCUT2D eigenvalue weighted by molar-refractivity contribution is 5.92. The molecule has 1 aromatic carbocycles. The van der Waals surface area contributed by atoms with Crippen LogP contribution in [0, 0.1) is 0 Å². The van der Waals surface area contributed by atoms with Gasteiger partial charge in [0, 0.05) is 25.8 Å². The van der Waals surface area contributed by atoms with Crippen LogP contribution in [0.25, 0.3) is 0 Å². The smallest absolute Gasteiger partial charge is 0.272 e. The van der Waals surface area contributed by atoms with Crippen molar-refractivity contribution in [2.45, 2.75) is 26.8 Å². The highest BCUT2D eigenvalue weighted by Crippen LogP contribution is 2.16. The first-order valence-electron chi connectivity index (χ1n) is 7.22. The highest BCUT2D eigenvalue weighted by atomic mass is 16.2. The third kappa shape index (κ3) is 3.24. The number of aryl methyl sites for hydroxylation is 2. The van der Waals surface area contributed by atoms with Gasteiger partial charge in [-0.1, -0.05) is 25.1 Å². The number of carbonyl (C=O) groups excluding carboxylic acids is 1. The van der Waals surface area contributed by atoms with E-state index in [1.54, 1.807) is 16.6 Å². The van der Waals surface area contributed by atoms with Crippen LogP contribution in [0.15, 0.2) is 30.3 Å². The van der Waals surface area contributed by atoms with E-state index in [9.17, 15) is 4.79 Å². The van der Waals surface area contributed by atoms with E-state index < -0.39 is 0 Å². The molecule has 21 heavy (non-hydrogen) atoms. The fourth-order valence-electron chi connectivity index (χ4n) is 2.27. The number of hydrogen-bond donors (Lipinski definition) is 1. The summed E-state index contributed by atoms with van der Waals surface area (Å²) in [5.41, 5.74) is 9.18. The van der Waals surface area contributed by atoms with Crippen LogP contribution in [0.5, 0.6) is 0 Å². The number of rotatable bonds is 5. The largest absolute Gasteiger partial charge is 0.398 e. The van der Waals surface area contributed by atoms with Gasteiger partial charge >= 0.3 is 0 Å². The maximum atomic E-state index is 12.7. The predicted molar refractivity (Wildman–Crippen MR) is 83.9 cm³/mol. The Balaban J connectivity index is 2.22. The van der Waals surface area contributed by atoms with Gasteiger partial charge in [-0.15, -0.1) is 0 Å². The van der Waals surface area contributed by atoms with Crippen LogP contribution < -0.4 is 5.73 Å². The van der Waals surface area contributed by atoms with Crippen molar-refractivity contribution in [3.05, 3.63) is 47.3 Å². The SMILES string of the molecule is CCc1cc(C(=O)N(CC)Cc2ccccc2N)n(C)n1. The standard InChI is InChI=1S/C16H22N4O/c1-4-13-10-15(19(3)18-13)16(21)20(5-2)11-12-8-6-7-9-14(12)17/h6-10H,4-5,11,17H2,1-3H3. The minimum atomic E-state index is -0.0181. The second-order valence-corrected chi connectivity index (χ2v) is 5.02. The second kappa shape index (κ2) is 6.43. The Morgan fingerprint density at radius 3 is 2.62 bits per heavy atom. The lowest BCUT2D eigenvalue weighted by molar-refractivity contribution is 0.0742. The van der Waals surface area contributed by atoms with Gasteiger partial charge in [0.05, 0.1) is 5.69 Å². The molecule has 0 radical (unpaired) electrons. The molecule has 1 heterocycles. The van der Waals surface area contributed by atoms with Gasteiger partial charge in [-0.3, -0.25) is 9.48 Å². The number of benzene rings is 1. The van der Waals surface area contributed by atoms with Gasteiger partial charge in [-0.05, 0) is 31.0 Å². The Morgan fingerprint density at radius 2 is 2.05 bits per heavy atom. The van der Waals surface area contributed by atoms with Crippen LogP contribution in [0.3, 0.4) is 0 Å². The molecular weight excluding hydrogens is 264 g/mol. The summed E-state index contributed by atoms with van der Waals surface area (Å²) in [6, 6.07) is 9.49. The summed E-state index contributed by atoms with van der Waals surface area (Å²) in [6.07, 6.45) is 0.818. The average Bonchev–Trinajstić information content (AvgIpc) is 2.87. The average molecular weight is 286 g/mol. The van der Waals surface area contributed by atoms with Crippen molar-refractivity contribution in [3.8, 4) is 0 Å². The number of hydrogen-bond acceptors (Lipinski definition) is 3. The maximum Gasteiger partial charge on any atom is 0.272 e. The molecule has 1 aromatic heterocycles. The van der Waals surface area contributed by atoms with E-state index >= 15 is 0 Å². The molecule has 0 fully saturated rings. The molecule has 2 rings (SSSR count). The molecule has 0 saturated heterocycles. The van der Waals surface area contributed by atoms with E-state index in [4.69, 9.17) is 5.73 Å². The molecular formula is C16H22N4O. The van der Waals surface area contributed by atoms with E-state index in [2.05, 4.69) is 5.10 Å². The molecule has 0 unspecified atom stereocenters. The van der Waals surface area contributed by atoms with Gasteiger partial charge in [0.25, 0.3) is 5.91 Å². The molecule has 5 nitrogen and oxygen atoms in total. The van der Waals surface area contributed by atoms with Crippen LogP contribution in [0.4, 0.5) is 5.69 Å². The predicted octanol–water partition coefficient (Wildman–Crippen LogP) is 2.23. The number of anilines is 1. The number of amides is 1. The first-order chi connectivity index (χ1) is 10.1. The van der Waals surface area contributed by atoms with Crippen LogP contribution in [-0.2, 0) is 20.0 Å². The number of nitrogen functional groups attached to an aromatic ring is 1. The van der Waals surface area contributed by atoms with Gasteiger partial charge in [0.15, 0.2) is 0 Å². The molecule has 0 aliphatic rings. The van der Waals surface area contributed by atoms with Gasteiger partial charge in [-0.2, -0.15) is 5.10 Å². The van der Waals surface area contributed by atoms with Crippen molar-refractivity contribution < 1.29 is 4.79 Å². The monoisotopic (exact) mass is 286 g/mol. The Hall–Kier alpha value is -2.30. The zero-order valence-corrected chi connectivity index (χ0v) is 12.8. The minimum absolute atomic E-state index is 0.0181. The van der Waals surface area contributed by atoms with Crippen molar-refractivity contribution in [2.24, 2.45) is 7.05 Å². The van der Waals surface area contributed by atoms with Crippen LogP contribution >= 0.6 is 0 Å².